The van der Waals surface area contributed by atoms with Gasteiger partial charge in [0.1, 0.15) is 0 Å². The van der Waals surface area contributed by atoms with Gasteiger partial charge in [-0.3, -0.25) is 5.41 Å². The molecule has 0 aromatic rings. The molecule has 1 atom stereocenters. The molecule has 7 heteroatoms. The lowest BCUT2D eigenvalue weighted by atomic mass is 10.2. The SMILES string of the molecule is CC(C)NS(=O)(=O)N(C)C(C)CC(=N)N. The van der Waals surface area contributed by atoms with Gasteiger partial charge in [0.05, 0.1) is 5.84 Å². The van der Waals surface area contributed by atoms with Gasteiger partial charge in [0, 0.05) is 25.6 Å². The molecule has 0 aromatic heterocycles. The van der Waals surface area contributed by atoms with Gasteiger partial charge in [-0.2, -0.15) is 17.4 Å². The van der Waals surface area contributed by atoms with Crippen LogP contribution in [0.1, 0.15) is 27.2 Å². The van der Waals surface area contributed by atoms with E-state index >= 15 is 0 Å². The number of nitrogens with two attached hydrogens (primary N) is 1. The molecule has 0 rings (SSSR count). The van der Waals surface area contributed by atoms with E-state index in [-0.39, 0.29) is 24.3 Å². The lowest BCUT2D eigenvalue weighted by Crippen LogP contribution is -2.46. The Balaban J connectivity index is 4.55. The molecule has 0 heterocycles. The van der Waals surface area contributed by atoms with Gasteiger partial charge in [-0.15, -0.1) is 0 Å². The summed E-state index contributed by atoms with van der Waals surface area (Å²) >= 11 is 0. The zero-order chi connectivity index (χ0) is 12.2. The van der Waals surface area contributed by atoms with Crippen LogP contribution in [0.5, 0.6) is 0 Å². The van der Waals surface area contributed by atoms with Crippen LogP contribution in [0.25, 0.3) is 0 Å². The van der Waals surface area contributed by atoms with Crippen LogP contribution in [0.4, 0.5) is 0 Å². The van der Waals surface area contributed by atoms with E-state index in [1.807, 2.05) is 0 Å². The summed E-state index contributed by atoms with van der Waals surface area (Å²) in [6.07, 6.45) is 0.232. The zero-order valence-electron chi connectivity index (χ0n) is 9.61. The predicted octanol–water partition coefficient (Wildman–Crippen LogP) is -0.124. The molecule has 4 N–H and O–H groups in total. The molecule has 0 aliphatic carbocycles. The molecule has 0 amide bonds. The Morgan fingerprint density at radius 1 is 1.47 bits per heavy atom. The molecule has 1 unspecified atom stereocenters. The first kappa shape index (κ1) is 14.3. The third-order valence-electron chi connectivity index (χ3n) is 1.90. The van der Waals surface area contributed by atoms with Gasteiger partial charge in [0.25, 0.3) is 10.2 Å². The van der Waals surface area contributed by atoms with Crippen LogP contribution in [-0.2, 0) is 10.2 Å². The highest BCUT2D eigenvalue weighted by Gasteiger charge is 2.23. The fourth-order valence-corrected chi connectivity index (χ4v) is 2.38. The zero-order valence-corrected chi connectivity index (χ0v) is 10.4. The molecule has 0 bridgehead atoms. The van der Waals surface area contributed by atoms with E-state index in [2.05, 4.69) is 4.72 Å². The van der Waals surface area contributed by atoms with Crippen molar-refractivity contribution in [1.29, 1.82) is 5.41 Å². The number of nitrogens with zero attached hydrogens (tertiary/aromatic N) is 1. The molecule has 0 aromatic carbocycles. The van der Waals surface area contributed by atoms with E-state index < -0.39 is 10.2 Å². The molecule has 90 valence electrons. The fraction of sp³-hybridized carbons (Fsp3) is 0.875. The van der Waals surface area contributed by atoms with Crippen molar-refractivity contribution < 1.29 is 8.42 Å². The van der Waals surface area contributed by atoms with Crippen molar-refractivity contribution in [3.8, 4) is 0 Å². The average molecular weight is 236 g/mol. The minimum atomic E-state index is -3.47. The molecule has 0 aliphatic rings. The van der Waals surface area contributed by atoms with Crippen molar-refractivity contribution >= 4 is 16.0 Å². The first-order valence-electron chi connectivity index (χ1n) is 4.75. The summed E-state index contributed by atoms with van der Waals surface area (Å²) in [5, 5.41) is 7.10. The normalized spacial score (nSPS) is 14.5. The Labute approximate surface area is 91.5 Å². The van der Waals surface area contributed by atoms with E-state index in [4.69, 9.17) is 11.1 Å². The van der Waals surface area contributed by atoms with Crippen molar-refractivity contribution in [3.63, 3.8) is 0 Å². The van der Waals surface area contributed by atoms with Crippen molar-refractivity contribution in [2.75, 3.05) is 7.05 Å². The van der Waals surface area contributed by atoms with Crippen molar-refractivity contribution in [3.05, 3.63) is 0 Å². The van der Waals surface area contributed by atoms with Crippen LogP contribution in [0.3, 0.4) is 0 Å². The van der Waals surface area contributed by atoms with E-state index in [1.54, 1.807) is 20.8 Å². The highest BCUT2D eigenvalue weighted by atomic mass is 32.2. The quantitative estimate of drug-likeness (QED) is 0.442. The molecule has 6 nitrogen and oxygen atoms in total. The van der Waals surface area contributed by atoms with Gasteiger partial charge in [-0.25, -0.2) is 0 Å². The Hall–Kier alpha value is -0.660. The maximum atomic E-state index is 11.7. The molecule has 0 radical (unpaired) electrons. The monoisotopic (exact) mass is 236 g/mol. The van der Waals surface area contributed by atoms with Crippen LogP contribution in [-0.4, -0.2) is 37.7 Å². The van der Waals surface area contributed by atoms with Gasteiger partial charge < -0.3 is 5.73 Å². The summed E-state index contributed by atoms with van der Waals surface area (Å²) in [4.78, 5) is 0. The number of hydrogen-bond acceptors (Lipinski definition) is 3. The molecule has 0 aliphatic heterocycles. The molecule has 15 heavy (non-hydrogen) atoms. The van der Waals surface area contributed by atoms with Gasteiger partial charge >= 0.3 is 0 Å². The number of rotatable bonds is 6. The Morgan fingerprint density at radius 3 is 2.27 bits per heavy atom. The summed E-state index contributed by atoms with van der Waals surface area (Å²) in [6, 6.07) is -0.472. The maximum Gasteiger partial charge on any atom is 0.279 e. The smallest absolute Gasteiger partial charge is 0.279 e. The molecule has 0 saturated carbocycles. The van der Waals surface area contributed by atoms with Gasteiger partial charge in [0.15, 0.2) is 0 Å². The minimum absolute atomic E-state index is 0.0194. The first-order chi connectivity index (χ1) is 6.66. The Bertz CT molecular complexity index is 313. The van der Waals surface area contributed by atoms with E-state index in [1.165, 1.54) is 11.4 Å². The highest BCUT2D eigenvalue weighted by Crippen LogP contribution is 2.06. The van der Waals surface area contributed by atoms with Crippen molar-refractivity contribution in [2.45, 2.75) is 39.3 Å². The minimum Gasteiger partial charge on any atom is -0.388 e. The second-order valence-corrected chi connectivity index (χ2v) is 5.63. The summed E-state index contributed by atoms with van der Waals surface area (Å²) in [7, 11) is -2.00. The third-order valence-corrected chi connectivity index (χ3v) is 3.79. The molecule has 0 fully saturated rings. The van der Waals surface area contributed by atoms with E-state index in [0.717, 1.165) is 0 Å². The number of amidine groups is 1. The van der Waals surface area contributed by atoms with E-state index in [0.29, 0.717) is 0 Å². The lowest BCUT2D eigenvalue weighted by Gasteiger charge is -2.25. The summed E-state index contributed by atoms with van der Waals surface area (Å²) in [5.41, 5.74) is 5.22. The van der Waals surface area contributed by atoms with Gasteiger partial charge in [0.2, 0.25) is 0 Å². The molecular weight excluding hydrogens is 216 g/mol. The predicted molar refractivity (Wildman–Crippen MR) is 60.9 cm³/mol. The van der Waals surface area contributed by atoms with Crippen LogP contribution in [0, 0.1) is 5.41 Å². The second kappa shape index (κ2) is 5.43. The summed E-state index contributed by atoms with van der Waals surface area (Å²) < 4.78 is 27.0. The number of hydrogen-bond donors (Lipinski definition) is 3. The summed E-state index contributed by atoms with van der Waals surface area (Å²) in [5.74, 6) is -0.0194. The molecule has 0 saturated heterocycles. The topological polar surface area (TPSA) is 99.3 Å². The number of nitrogens with one attached hydrogen (secondary N) is 2. The van der Waals surface area contributed by atoms with E-state index in [9.17, 15) is 8.42 Å². The van der Waals surface area contributed by atoms with Crippen LogP contribution < -0.4 is 10.5 Å². The van der Waals surface area contributed by atoms with Crippen molar-refractivity contribution in [1.82, 2.24) is 9.03 Å². The summed E-state index contributed by atoms with van der Waals surface area (Å²) in [6.45, 7) is 5.21. The highest BCUT2D eigenvalue weighted by molar-refractivity contribution is 7.87. The standard InChI is InChI=1S/C8H20N4O2S/c1-6(2)11-15(13,14)12(4)7(3)5-8(9)10/h6-7,11H,5H2,1-4H3,(H3,9,10). The largest absolute Gasteiger partial charge is 0.388 e. The van der Waals surface area contributed by atoms with Crippen molar-refractivity contribution in [2.24, 2.45) is 5.73 Å². The Morgan fingerprint density at radius 2 is 1.93 bits per heavy atom. The van der Waals surface area contributed by atoms with Crippen LogP contribution >= 0.6 is 0 Å². The first-order valence-corrected chi connectivity index (χ1v) is 6.19. The Kier molecular flexibility index (Phi) is 5.19. The lowest BCUT2D eigenvalue weighted by molar-refractivity contribution is 0.385. The van der Waals surface area contributed by atoms with Gasteiger partial charge in [-0.1, -0.05) is 0 Å². The average Bonchev–Trinajstić information content (AvgIpc) is 1.98. The van der Waals surface area contributed by atoms with Crippen LogP contribution in [0.15, 0.2) is 0 Å². The third kappa shape index (κ3) is 5.10. The van der Waals surface area contributed by atoms with Gasteiger partial charge in [-0.05, 0) is 20.8 Å². The fourth-order valence-electron chi connectivity index (χ4n) is 1.06. The molecular formula is C8H20N4O2S. The maximum absolute atomic E-state index is 11.7. The van der Waals surface area contributed by atoms with Crippen LogP contribution in [0.2, 0.25) is 0 Å². The second-order valence-electron chi connectivity index (χ2n) is 3.87. The molecule has 0 spiro atoms.